The lowest BCUT2D eigenvalue weighted by molar-refractivity contribution is 0.437. The molecule has 0 N–H and O–H groups in total. The minimum atomic E-state index is -0.577. The summed E-state index contributed by atoms with van der Waals surface area (Å²) < 4.78 is 7.32. The SMILES string of the molecule is CC1(C)c2ccccc2-c2ccc(N(c3cccc4c3Oc3ccccc3C43c4ccccc4-c4ccccc43)c3ccc4ccccc4c3-c3ccccc3)cc21. The van der Waals surface area contributed by atoms with Gasteiger partial charge in [0.15, 0.2) is 5.75 Å². The van der Waals surface area contributed by atoms with Crippen LogP contribution in [-0.4, -0.2) is 0 Å². The number of fused-ring (bicyclic) bond motifs is 13. The van der Waals surface area contributed by atoms with Crippen LogP contribution in [0.2, 0.25) is 0 Å². The van der Waals surface area contributed by atoms with Crippen LogP contribution in [-0.2, 0) is 10.8 Å². The Morgan fingerprint density at radius 1 is 0.414 bits per heavy atom. The molecular weight excluding hydrogens is 703 g/mol. The van der Waals surface area contributed by atoms with Crippen molar-refractivity contribution in [2.75, 3.05) is 4.90 Å². The van der Waals surface area contributed by atoms with Gasteiger partial charge in [-0.05, 0) is 91.2 Å². The van der Waals surface area contributed by atoms with Crippen molar-refractivity contribution in [2.45, 2.75) is 24.7 Å². The highest BCUT2D eigenvalue weighted by Gasteiger charge is 2.51. The highest BCUT2D eigenvalue weighted by molar-refractivity contribution is 6.06. The summed E-state index contributed by atoms with van der Waals surface area (Å²) in [5.41, 5.74) is 17.5. The van der Waals surface area contributed by atoms with Gasteiger partial charge in [-0.3, -0.25) is 0 Å². The lowest BCUT2D eigenvalue weighted by atomic mass is 9.66. The van der Waals surface area contributed by atoms with E-state index in [4.69, 9.17) is 4.74 Å². The zero-order valence-electron chi connectivity index (χ0n) is 32.4. The summed E-state index contributed by atoms with van der Waals surface area (Å²) in [5, 5.41) is 2.41. The van der Waals surface area contributed by atoms with Gasteiger partial charge >= 0.3 is 0 Å². The molecule has 0 fully saturated rings. The van der Waals surface area contributed by atoms with E-state index in [0.29, 0.717) is 0 Å². The molecule has 0 bridgehead atoms. The van der Waals surface area contributed by atoms with Crippen LogP contribution >= 0.6 is 0 Å². The van der Waals surface area contributed by atoms with Gasteiger partial charge in [-0.15, -0.1) is 0 Å². The van der Waals surface area contributed by atoms with Gasteiger partial charge in [0.25, 0.3) is 0 Å². The quantitative estimate of drug-likeness (QED) is 0.178. The first-order chi connectivity index (χ1) is 28.5. The zero-order valence-corrected chi connectivity index (χ0v) is 32.4. The van der Waals surface area contributed by atoms with Gasteiger partial charge in [-0.1, -0.05) is 184 Å². The number of ether oxygens (including phenoxy) is 1. The summed E-state index contributed by atoms with van der Waals surface area (Å²) in [4.78, 5) is 2.47. The molecule has 0 aromatic heterocycles. The summed E-state index contributed by atoms with van der Waals surface area (Å²) in [7, 11) is 0. The van der Waals surface area contributed by atoms with E-state index in [0.717, 1.165) is 39.7 Å². The van der Waals surface area contributed by atoms with Crippen molar-refractivity contribution in [3.05, 3.63) is 234 Å². The maximum atomic E-state index is 7.32. The lowest BCUT2D eigenvalue weighted by Gasteiger charge is -2.41. The number of benzene rings is 9. The number of hydrogen-bond acceptors (Lipinski definition) is 2. The second-order valence-electron chi connectivity index (χ2n) is 16.4. The van der Waals surface area contributed by atoms with Crippen molar-refractivity contribution < 1.29 is 4.74 Å². The first-order valence-corrected chi connectivity index (χ1v) is 20.3. The smallest absolute Gasteiger partial charge is 0.156 e. The molecule has 0 amide bonds. The molecule has 9 aromatic rings. The Morgan fingerprint density at radius 2 is 1.00 bits per heavy atom. The van der Waals surface area contributed by atoms with Gasteiger partial charge in [0.05, 0.1) is 16.8 Å². The van der Waals surface area contributed by atoms with E-state index in [1.54, 1.807) is 0 Å². The van der Waals surface area contributed by atoms with Crippen LogP contribution in [0.3, 0.4) is 0 Å². The van der Waals surface area contributed by atoms with E-state index < -0.39 is 5.41 Å². The molecule has 0 saturated heterocycles. The summed E-state index contributed by atoms with van der Waals surface area (Å²) >= 11 is 0. The van der Waals surface area contributed by atoms with Crippen LogP contribution in [0.5, 0.6) is 11.5 Å². The first-order valence-electron chi connectivity index (χ1n) is 20.3. The van der Waals surface area contributed by atoms with E-state index in [-0.39, 0.29) is 5.41 Å². The third kappa shape index (κ3) is 4.38. The van der Waals surface area contributed by atoms with Crippen molar-refractivity contribution in [1.29, 1.82) is 0 Å². The van der Waals surface area contributed by atoms with Crippen LogP contribution in [0.4, 0.5) is 17.1 Å². The predicted octanol–water partition coefficient (Wildman–Crippen LogP) is 14.8. The Balaban J connectivity index is 1.19. The van der Waals surface area contributed by atoms with Gasteiger partial charge in [-0.2, -0.15) is 0 Å². The Hall–Kier alpha value is -7.16. The van der Waals surface area contributed by atoms with Gasteiger partial charge in [0.2, 0.25) is 0 Å². The normalized spacial score (nSPS) is 14.4. The summed E-state index contributed by atoms with van der Waals surface area (Å²) in [6.45, 7) is 4.72. The summed E-state index contributed by atoms with van der Waals surface area (Å²) in [6, 6.07) is 73.5. The summed E-state index contributed by atoms with van der Waals surface area (Å²) in [5.74, 6) is 1.74. The Morgan fingerprint density at radius 3 is 1.76 bits per heavy atom. The molecule has 58 heavy (non-hydrogen) atoms. The molecule has 12 rings (SSSR count). The second kappa shape index (κ2) is 12.2. The lowest BCUT2D eigenvalue weighted by Crippen LogP contribution is -2.32. The zero-order chi connectivity index (χ0) is 38.6. The average molecular weight is 742 g/mol. The predicted molar refractivity (Wildman–Crippen MR) is 239 cm³/mol. The molecule has 1 heterocycles. The topological polar surface area (TPSA) is 12.5 Å². The molecule has 1 spiro atoms. The van der Waals surface area contributed by atoms with Gasteiger partial charge in [-0.25, -0.2) is 0 Å². The van der Waals surface area contributed by atoms with Gasteiger partial charge in [0, 0.05) is 27.8 Å². The molecule has 0 radical (unpaired) electrons. The number of hydrogen-bond donors (Lipinski definition) is 0. The minimum Gasteiger partial charge on any atom is -0.454 e. The van der Waals surface area contributed by atoms with Crippen LogP contribution in [0.15, 0.2) is 200 Å². The van der Waals surface area contributed by atoms with Crippen molar-refractivity contribution in [3.63, 3.8) is 0 Å². The molecule has 0 atom stereocenters. The molecule has 3 aliphatic rings. The second-order valence-corrected chi connectivity index (χ2v) is 16.4. The fraction of sp³-hybridized carbons (Fsp3) is 0.0714. The third-order valence-electron chi connectivity index (χ3n) is 13.1. The van der Waals surface area contributed by atoms with Gasteiger partial charge < -0.3 is 9.64 Å². The third-order valence-corrected chi connectivity index (χ3v) is 13.1. The Labute approximate surface area is 339 Å². The maximum absolute atomic E-state index is 7.32. The molecule has 0 saturated carbocycles. The molecule has 2 heteroatoms. The molecule has 2 nitrogen and oxygen atoms in total. The molecule has 2 aliphatic carbocycles. The first kappa shape index (κ1) is 33.0. The van der Waals surface area contributed by atoms with Gasteiger partial charge in [0.1, 0.15) is 5.75 Å². The minimum absolute atomic E-state index is 0.174. The molecular formula is C56H39NO. The van der Waals surface area contributed by atoms with Crippen LogP contribution in [0.25, 0.3) is 44.2 Å². The number of anilines is 3. The monoisotopic (exact) mass is 741 g/mol. The van der Waals surface area contributed by atoms with Crippen LogP contribution < -0.4 is 9.64 Å². The molecule has 1 aliphatic heterocycles. The van der Waals surface area contributed by atoms with Crippen molar-refractivity contribution in [1.82, 2.24) is 0 Å². The van der Waals surface area contributed by atoms with E-state index in [2.05, 4.69) is 219 Å². The highest BCUT2D eigenvalue weighted by atomic mass is 16.5. The average Bonchev–Trinajstić information content (AvgIpc) is 3.70. The largest absolute Gasteiger partial charge is 0.454 e. The Kier molecular flexibility index (Phi) is 6.93. The summed E-state index contributed by atoms with van der Waals surface area (Å²) in [6.07, 6.45) is 0. The number of nitrogens with zero attached hydrogens (tertiary/aromatic N) is 1. The van der Waals surface area contributed by atoms with E-state index in [9.17, 15) is 0 Å². The molecule has 9 aromatic carbocycles. The fourth-order valence-electron chi connectivity index (χ4n) is 10.6. The van der Waals surface area contributed by atoms with E-state index in [1.165, 1.54) is 66.4 Å². The highest BCUT2D eigenvalue weighted by Crippen LogP contribution is 2.64. The van der Waals surface area contributed by atoms with E-state index >= 15 is 0 Å². The number of para-hydroxylation sites is 2. The standard InChI is InChI=1S/C56H39NO/c1-55(2)44-24-11-8-21-40(44)43-33-32-38(35-49(43)55)57(50-34-31-36-17-6-7-20-39(36)53(50)37-18-4-3-5-19-37)51-29-16-28-48-54(51)58-52-30-15-14-27-47(52)56(48)45-25-12-9-22-41(45)42-23-10-13-26-46(42)56/h3-35H,1-2H3. The number of rotatable bonds is 4. The fourth-order valence-corrected chi connectivity index (χ4v) is 10.6. The molecule has 274 valence electrons. The van der Waals surface area contributed by atoms with Crippen molar-refractivity contribution >= 4 is 27.8 Å². The van der Waals surface area contributed by atoms with E-state index in [1.807, 2.05) is 0 Å². The Bertz CT molecular complexity index is 3090. The van der Waals surface area contributed by atoms with Crippen molar-refractivity contribution in [3.8, 4) is 44.9 Å². The van der Waals surface area contributed by atoms with Crippen LogP contribution in [0.1, 0.15) is 47.2 Å². The molecule has 0 unspecified atom stereocenters. The maximum Gasteiger partial charge on any atom is 0.156 e. The van der Waals surface area contributed by atoms with Crippen molar-refractivity contribution in [2.24, 2.45) is 0 Å². The van der Waals surface area contributed by atoms with Crippen LogP contribution in [0, 0.1) is 0 Å².